The summed E-state index contributed by atoms with van der Waals surface area (Å²) >= 11 is 1.39. The number of nitrogens with one attached hydrogen (secondary N) is 1. The maximum absolute atomic E-state index is 12.0. The molecule has 0 saturated carbocycles. The first-order valence-corrected chi connectivity index (χ1v) is 7.72. The van der Waals surface area contributed by atoms with Crippen LogP contribution in [0.1, 0.15) is 16.8 Å². The van der Waals surface area contributed by atoms with Gasteiger partial charge in [0.05, 0.1) is 10.6 Å². The van der Waals surface area contributed by atoms with Crippen LogP contribution in [0.5, 0.6) is 0 Å². The van der Waals surface area contributed by atoms with E-state index in [2.05, 4.69) is 9.36 Å². The third-order valence-electron chi connectivity index (χ3n) is 3.55. The minimum absolute atomic E-state index is 0.0429. The average molecular weight is 333 g/mol. The molecule has 0 bridgehead atoms. The molecule has 0 radical (unpaired) electrons. The summed E-state index contributed by atoms with van der Waals surface area (Å²) in [7, 11) is 0. The van der Waals surface area contributed by atoms with Crippen LogP contribution in [0.3, 0.4) is 0 Å². The van der Waals surface area contributed by atoms with Gasteiger partial charge in [0, 0.05) is 5.56 Å². The summed E-state index contributed by atoms with van der Waals surface area (Å²) in [6.45, 7) is 1.92. The molecule has 0 unspecified atom stereocenters. The summed E-state index contributed by atoms with van der Waals surface area (Å²) < 4.78 is 4.25. The van der Waals surface area contributed by atoms with Gasteiger partial charge in [0.15, 0.2) is 0 Å². The lowest BCUT2D eigenvalue weighted by Crippen LogP contribution is -2.16. The summed E-state index contributed by atoms with van der Waals surface area (Å²) in [5.74, 6) is -0.0429. The molecule has 116 valence electrons. The molecule has 2 aromatic heterocycles. The van der Waals surface area contributed by atoms with Crippen LogP contribution in [-0.4, -0.2) is 9.36 Å². The van der Waals surface area contributed by atoms with Crippen molar-refractivity contribution in [1.82, 2.24) is 9.36 Å². The number of nitrogen functional groups attached to an aromatic ring is 1. The quantitative estimate of drug-likeness (QED) is 0.747. The molecule has 0 saturated heterocycles. The lowest BCUT2D eigenvalue weighted by Gasteiger charge is -2.09. The van der Waals surface area contributed by atoms with Gasteiger partial charge in [-0.25, -0.2) is 0 Å². The Labute approximate surface area is 141 Å². The van der Waals surface area contributed by atoms with Crippen LogP contribution in [0.4, 0.5) is 5.82 Å². The number of aryl methyl sites for hydroxylation is 1. The fourth-order valence-electron chi connectivity index (χ4n) is 2.43. The molecule has 0 aliphatic rings. The first-order valence-electron chi connectivity index (χ1n) is 6.95. The molecule has 0 fully saturated rings. The monoisotopic (exact) mass is 333 g/mol. The molecule has 24 heavy (non-hydrogen) atoms. The van der Waals surface area contributed by atoms with Crippen LogP contribution in [0.15, 0.2) is 35.1 Å². The van der Waals surface area contributed by atoms with Crippen LogP contribution in [-0.2, 0) is 0 Å². The summed E-state index contributed by atoms with van der Waals surface area (Å²) in [6.07, 6.45) is 0. The molecular formula is C17H11N5OS. The van der Waals surface area contributed by atoms with Gasteiger partial charge < -0.3 is 10.7 Å². The molecular weight excluding hydrogens is 322 g/mol. The second kappa shape index (κ2) is 5.99. The summed E-state index contributed by atoms with van der Waals surface area (Å²) in [5, 5.41) is 18.6. The van der Waals surface area contributed by atoms with Crippen molar-refractivity contribution in [3.63, 3.8) is 0 Å². The van der Waals surface area contributed by atoms with E-state index in [1.54, 1.807) is 12.1 Å². The molecule has 0 spiro atoms. The second-order valence-electron chi connectivity index (χ2n) is 5.13. The Bertz CT molecular complexity index is 1060. The van der Waals surface area contributed by atoms with Gasteiger partial charge in [0.25, 0.3) is 5.56 Å². The topological polar surface area (TPSA) is 119 Å². The zero-order valence-corrected chi connectivity index (χ0v) is 13.4. The fraction of sp³-hybridized carbons (Fsp3) is 0.0588. The number of hydrogen-bond acceptors (Lipinski definition) is 6. The molecule has 0 aliphatic carbocycles. The molecule has 2 heterocycles. The van der Waals surface area contributed by atoms with Crippen molar-refractivity contribution in [3.05, 3.63) is 57.5 Å². The van der Waals surface area contributed by atoms with Gasteiger partial charge in [-0.2, -0.15) is 14.9 Å². The minimum atomic E-state index is -0.605. The van der Waals surface area contributed by atoms with E-state index in [-0.39, 0.29) is 22.5 Å². The molecule has 0 aliphatic heterocycles. The number of rotatable bonds is 2. The highest BCUT2D eigenvalue weighted by Gasteiger charge is 2.18. The number of aromatic nitrogens is 2. The Kier molecular flexibility index (Phi) is 3.87. The number of nitriles is 2. The van der Waals surface area contributed by atoms with Crippen molar-refractivity contribution in [1.29, 1.82) is 10.5 Å². The number of benzene rings is 1. The summed E-state index contributed by atoms with van der Waals surface area (Å²) in [6, 6.07) is 13.0. The van der Waals surface area contributed by atoms with Crippen LogP contribution >= 0.6 is 11.5 Å². The van der Waals surface area contributed by atoms with Gasteiger partial charge in [-0.05, 0) is 35.6 Å². The van der Waals surface area contributed by atoms with Crippen LogP contribution in [0.25, 0.3) is 21.6 Å². The molecule has 3 aromatic rings. The Hall–Kier alpha value is -3.42. The third-order valence-corrected chi connectivity index (χ3v) is 4.48. The standard InChI is InChI=1S/C17H11N5OS/c1-9-6-14(24-22-9)10-2-4-11(5-3-10)15-12(7-18)16(20)21-17(23)13(15)8-19/h2-6H,1H3,(H3,20,21,23). The fourth-order valence-corrected chi connectivity index (χ4v) is 3.19. The van der Waals surface area contributed by atoms with Crippen molar-refractivity contribution in [3.8, 4) is 33.7 Å². The first kappa shape index (κ1) is 15.5. The van der Waals surface area contributed by atoms with E-state index < -0.39 is 5.56 Å². The Morgan fingerprint density at radius 1 is 1.12 bits per heavy atom. The lowest BCUT2D eigenvalue weighted by atomic mass is 9.95. The van der Waals surface area contributed by atoms with Crippen molar-refractivity contribution in [2.24, 2.45) is 0 Å². The van der Waals surface area contributed by atoms with E-state index in [4.69, 9.17) is 5.73 Å². The predicted molar refractivity (Wildman–Crippen MR) is 92.2 cm³/mol. The summed E-state index contributed by atoms with van der Waals surface area (Å²) in [5.41, 5.74) is 7.85. The highest BCUT2D eigenvalue weighted by atomic mass is 32.1. The van der Waals surface area contributed by atoms with E-state index in [1.165, 1.54) is 11.5 Å². The smallest absolute Gasteiger partial charge is 0.268 e. The number of nitrogens with zero attached hydrogens (tertiary/aromatic N) is 3. The molecule has 1 aromatic carbocycles. The van der Waals surface area contributed by atoms with Crippen LogP contribution in [0, 0.1) is 29.6 Å². The SMILES string of the molecule is Cc1cc(-c2ccc(-c3c(C#N)c(N)[nH]c(=O)c3C#N)cc2)sn1. The molecule has 6 nitrogen and oxygen atoms in total. The maximum atomic E-state index is 12.0. The zero-order chi connectivity index (χ0) is 17.3. The van der Waals surface area contributed by atoms with Crippen LogP contribution in [0.2, 0.25) is 0 Å². The number of pyridine rings is 1. The minimum Gasteiger partial charge on any atom is -0.384 e. The van der Waals surface area contributed by atoms with Crippen molar-refractivity contribution in [2.45, 2.75) is 6.92 Å². The van der Waals surface area contributed by atoms with Crippen molar-refractivity contribution < 1.29 is 0 Å². The van der Waals surface area contributed by atoms with Crippen LogP contribution < -0.4 is 11.3 Å². The number of H-pyrrole nitrogens is 1. The third kappa shape index (κ3) is 2.54. The van der Waals surface area contributed by atoms with E-state index in [9.17, 15) is 15.3 Å². The molecule has 0 atom stereocenters. The molecule has 3 N–H and O–H groups in total. The zero-order valence-electron chi connectivity index (χ0n) is 12.6. The largest absolute Gasteiger partial charge is 0.384 e. The predicted octanol–water partition coefficient (Wildman–Crippen LogP) is 2.80. The van der Waals surface area contributed by atoms with E-state index in [0.29, 0.717) is 5.56 Å². The average Bonchev–Trinajstić information content (AvgIpc) is 3.01. The maximum Gasteiger partial charge on any atom is 0.268 e. The van der Waals surface area contributed by atoms with E-state index in [1.807, 2.05) is 37.3 Å². The van der Waals surface area contributed by atoms with Gasteiger partial charge in [-0.3, -0.25) is 4.79 Å². The normalized spacial score (nSPS) is 10.1. The molecule has 3 rings (SSSR count). The molecule has 0 amide bonds. The Balaban J connectivity index is 2.18. The van der Waals surface area contributed by atoms with Gasteiger partial charge >= 0.3 is 0 Å². The first-order chi connectivity index (χ1) is 11.5. The van der Waals surface area contributed by atoms with Crippen molar-refractivity contribution >= 4 is 17.4 Å². The summed E-state index contributed by atoms with van der Waals surface area (Å²) in [4.78, 5) is 15.3. The number of nitrogens with two attached hydrogens (primary N) is 1. The second-order valence-corrected chi connectivity index (χ2v) is 5.93. The Morgan fingerprint density at radius 3 is 2.29 bits per heavy atom. The molecule has 7 heteroatoms. The number of aromatic amines is 1. The van der Waals surface area contributed by atoms with Crippen molar-refractivity contribution in [2.75, 3.05) is 5.73 Å². The van der Waals surface area contributed by atoms with Gasteiger partial charge in [0.1, 0.15) is 29.1 Å². The van der Waals surface area contributed by atoms with Gasteiger partial charge in [0.2, 0.25) is 0 Å². The highest BCUT2D eigenvalue weighted by Crippen LogP contribution is 2.31. The highest BCUT2D eigenvalue weighted by molar-refractivity contribution is 7.09. The van der Waals surface area contributed by atoms with Gasteiger partial charge in [-0.1, -0.05) is 24.3 Å². The van der Waals surface area contributed by atoms with Gasteiger partial charge in [-0.15, -0.1) is 0 Å². The van der Waals surface area contributed by atoms with E-state index in [0.717, 1.165) is 16.1 Å². The number of anilines is 1. The lowest BCUT2D eigenvalue weighted by molar-refractivity contribution is 1.21. The van der Waals surface area contributed by atoms with E-state index >= 15 is 0 Å². The number of hydrogen-bond donors (Lipinski definition) is 2. The Morgan fingerprint density at radius 2 is 1.75 bits per heavy atom.